The molecular weight excluding hydrogens is 404 g/mol. The monoisotopic (exact) mass is 434 g/mol. The van der Waals surface area contributed by atoms with Gasteiger partial charge in [-0.1, -0.05) is 12.1 Å². The molecule has 1 atom stereocenters. The summed E-state index contributed by atoms with van der Waals surface area (Å²) < 4.78 is 1.72. The third kappa shape index (κ3) is 5.33. The van der Waals surface area contributed by atoms with Crippen molar-refractivity contribution in [3.05, 3.63) is 77.9 Å². The highest BCUT2D eigenvalue weighted by Crippen LogP contribution is 2.22. The molecule has 0 saturated carbocycles. The summed E-state index contributed by atoms with van der Waals surface area (Å²) in [7, 11) is 1.97. The Kier molecular flexibility index (Phi) is 6.53. The molecule has 0 aliphatic carbocycles. The maximum absolute atomic E-state index is 13.4. The zero-order valence-corrected chi connectivity index (χ0v) is 18.6. The van der Waals surface area contributed by atoms with E-state index in [9.17, 15) is 9.90 Å². The number of carbonyl (C=O) groups is 1. The smallest absolute Gasteiger partial charge is 0.254 e. The maximum Gasteiger partial charge on any atom is 0.254 e. The fraction of sp³-hybridized carbons (Fsp3) is 0.375. The first-order valence-corrected chi connectivity index (χ1v) is 10.8. The topological polar surface area (TPSA) is 86.5 Å². The van der Waals surface area contributed by atoms with Gasteiger partial charge in [0, 0.05) is 49.5 Å². The van der Waals surface area contributed by atoms with Crippen LogP contribution >= 0.6 is 0 Å². The molecule has 1 fully saturated rings. The van der Waals surface area contributed by atoms with Crippen LogP contribution in [0.4, 0.5) is 5.69 Å². The van der Waals surface area contributed by atoms with E-state index in [0.29, 0.717) is 38.3 Å². The summed E-state index contributed by atoms with van der Waals surface area (Å²) in [6.07, 6.45) is 5.29. The number of hydrogen-bond acceptors (Lipinski definition) is 6. The predicted molar refractivity (Wildman–Crippen MR) is 123 cm³/mol. The highest BCUT2D eigenvalue weighted by atomic mass is 16.3. The lowest BCUT2D eigenvalue weighted by Crippen LogP contribution is -2.50. The van der Waals surface area contributed by atoms with Gasteiger partial charge in [-0.2, -0.15) is 5.10 Å². The first kappa shape index (κ1) is 22.0. The average Bonchev–Trinajstić information content (AvgIpc) is 3.23. The molecule has 3 heterocycles. The van der Waals surface area contributed by atoms with Crippen LogP contribution in [0.25, 0.3) is 0 Å². The highest BCUT2D eigenvalue weighted by Gasteiger charge is 2.36. The van der Waals surface area contributed by atoms with Crippen LogP contribution < -0.4 is 5.32 Å². The van der Waals surface area contributed by atoms with E-state index in [0.717, 1.165) is 16.9 Å². The minimum Gasteiger partial charge on any atom is -0.385 e. The summed E-state index contributed by atoms with van der Waals surface area (Å²) in [5.41, 5.74) is 2.41. The van der Waals surface area contributed by atoms with Crippen LogP contribution in [0.1, 0.15) is 21.6 Å². The summed E-state index contributed by atoms with van der Waals surface area (Å²) in [4.78, 5) is 21.6. The second-order valence-corrected chi connectivity index (χ2v) is 8.60. The van der Waals surface area contributed by atoms with Gasteiger partial charge in [-0.25, -0.2) is 0 Å². The van der Waals surface area contributed by atoms with Gasteiger partial charge in [-0.15, -0.1) is 0 Å². The average molecular weight is 435 g/mol. The summed E-state index contributed by atoms with van der Waals surface area (Å²) in [5, 5.41) is 19.0. The summed E-state index contributed by atoms with van der Waals surface area (Å²) >= 11 is 0. The van der Waals surface area contributed by atoms with Crippen LogP contribution in [0.5, 0.6) is 0 Å². The molecular formula is C24H30N6O2. The number of carbonyl (C=O) groups excluding carboxylic acids is 1. The van der Waals surface area contributed by atoms with Crippen molar-refractivity contribution in [3.8, 4) is 0 Å². The van der Waals surface area contributed by atoms with Crippen molar-refractivity contribution in [2.75, 3.05) is 38.5 Å². The number of hydrogen-bond donors (Lipinski definition) is 2. The molecule has 0 radical (unpaired) electrons. The number of nitrogens with zero attached hydrogens (tertiary/aromatic N) is 5. The zero-order chi connectivity index (χ0) is 22.6. The number of nitrogens with one attached hydrogen (secondary N) is 1. The Morgan fingerprint density at radius 2 is 2.03 bits per heavy atom. The van der Waals surface area contributed by atoms with Crippen LogP contribution in [0.15, 0.2) is 61.1 Å². The fourth-order valence-corrected chi connectivity index (χ4v) is 4.14. The van der Waals surface area contributed by atoms with Gasteiger partial charge >= 0.3 is 0 Å². The number of aryl methyl sites for hydroxylation is 1. The van der Waals surface area contributed by atoms with E-state index in [1.54, 1.807) is 22.0 Å². The molecule has 1 aliphatic heterocycles. The van der Waals surface area contributed by atoms with Crippen molar-refractivity contribution in [2.45, 2.75) is 25.6 Å². The Morgan fingerprint density at radius 1 is 1.16 bits per heavy atom. The predicted octanol–water partition coefficient (Wildman–Crippen LogP) is 2.02. The number of likely N-dealkylation sites (N-methyl/N-ethyl adjacent to an activating group) is 1. The molecule has 0 unspecified atom stereocenters. The van der Waals surface area contributed by atoms with E-state index in [-0.39, 0.29) is 12.5 Å². The molecule has 2 N–H and O–H groups in total. The SMILES string of the molecule is Cc1ccc(C(=O)N2CCN(C)C[C@@](O)(Cn3cccn3)C2)cc1NCc1ccccn1. The molecule has 1 aromatic carbocycles. The lowest BCUT2D eigenvalue weighted by Gasteiger charge is -2.32. The van der Waals surface area contributed by atoms with E-state index >= 15 is 0 Å². The Bertz CT molecular complexity index is 1040. The lowest BCUT2D eigenvalue weighted by atomic mass is 10.0. The Labute approximate surface area is 188 Å². The second-order valence-electron chi connectivity index (χ2n) is 8.60. The maximum atomic E-state index is 13.4. The molecule has 4 rings (SSSR count). The molecule has 8 nitrogen and oxygen atoms in total. The number of amides is 1. The minimum atomic E-state index is -1.09. The third-order valence-corrected chi connectivity index (χ3v) is 5.77. The van der Waals surface area contributed by atoms with Crippen molar-refractivity contribution in [3.63, 3.8) is 0 Å². The van der Waals surface area contributed by atoms with Crippen molar-refractivity contribution in [2.24, 2.45) is 0 Å². The summed E-state index contributed by atoms with van der Waals surface area (Å²) in [5.74, 6) is -0.0833. The number of β-amino-alcohol motifs (C(OH)–C–C–N with tert-alkyl or cyclic N) is 1. The fourth-order valence-electron chi connectivity index (χ4n) is 4.14. The van der Waals surface area contributed by atoms with Gasteiger partial charge in [0.1, 0.15) is 5.60 Å². The zero-order valence-electron chi connectivity index (χ0n) is 18.6. The first-order valence-electron chi connectivity index (χ1n) is 10.8. The first-order chi connectivity index (χ1) is 15.4. The van der Waals surface area contributed by atoms with E-state index < -0.39 is 5.60 Å². The number of aromatic nitrogens is 3. The van der Waals surface area contributed by atoms with Crippen molar-refractivity contribution in [1.29, 1.82) is 0 Å². The minimum absolute atomic E-state index is 0.0833. The van der Waals surface area contributed by atoms with E-state index in [1.807, 2.05) is 62.6 Å². The largest absolute Gasteiger partial charge is 0.385 e. The molecule has 0 bridgehead atoms. The number of pyridine rings is 1. The summed E-state index contributed by atoms with van der Waals surface area (Å²) in [6.45, 7) is 4.91. The van der Waals surface area contributed by atoms with Crippen LogP contribution in [-0.2, 0) is 13.1 Å². The van der Waals surface area contributed by atoms with Crippen LogP contribution in [0, 0.1) is 6.92 Å². The normalized spacial score (nSPS) is 19.5. The molecule has 1 saturated heterocycles. The van der Waals surface area contributed by atoms with Crippen molar-refractivity contribution in [1.82, 2.24) is 24.6 Å². The quantitative estimate of drug-likeness (QED) is 0.617. The van der Waals surface area contributed by atoms with Gasteiger partial charge in [0.15, 0.2) is 0 Å². The Morgan fingerprint density at radius 3 is 2.78 bits per heavy atom. The molecule has 32 heavy (non-hydrogen) atoms. The van der Waals surface area contributed by atoms with Crippen LogP contribution in [0.2, 0.25) is 0 Å². The van der Waals surface area contributed by atoms with Gasteiger partial charge < -0.3 is 20.2 Å². The van der Waals surface area contributed by atoms with E-state index in [1.165, 1.54) is 0 Å². The Hall–Kier alpha value is -3.23. The second kappa shape index (κ2) is 9.50. The number of rotatable bonds is 6. The molecule has 2 aromatic heterocycles. The molecule has 1 aliphatic rings. The third-order valence-electron chi connectivity index (χ3n) is 5.77. The molecule has 1 amide bonds. The number of aliphatic hydroxyl groups is 1. The number of anilines is 1. The van der Waals surface area contributed by atoms with Gasteiger partial charge in [-0.05, 0) is 49.9 Å². The molecule has 0 spiro atoms. The molecule has 3 aromatic rings. The molecule has 168 valence electrons. The van der Waals surface area contributed by atoms with Gasteiger partial charge in [-0.3, -0.25) is 14.5 Å². The highest BCUT2D eigenvalue weighted by molar-refractivity contribution is 5.95. The van der Waals surface area contributed by atoms with Gasteiger partial charge in [0.2, 0.25) is 0 Å². The van der Waals surface area contributed by atoms with Crippen molar-refractivity contribution >= 4 is 11.6 Å². The van der Waals surface area contributed by atoms with Gasteiger partial charge in [0.05, 0.1) is 25.3 Å². The molecule has 8 heteroatoms. The van der Waals surface area contributed by atoms with Crippen LogP contribution in [0.3, 0.4) is 0 Å². The Balaban J connectivity index is 1.50. The van der Waals surface area contributed by atoms with Crippen LogP contribution in [-0.4, -0.2) is 74.4 Å². The lowest BCUT2D eigenvalue weighted by molar-refractivity contribution is -0.0137. The summed E-state index contributed by atoms with van der Waals surface area (Å²) in [6, 6.07) is 13.3. The van der Waals surface area contributed by atoms with Crippen molar-refractivity contribution < 1.29 is 9.90 Å². The van der Waals surface area contributed by atoms with E-state index in [2.05, 4.69) is 20.3 Å². The number of benzene rings is 1. The van der Waals surface area contributed by atoms with Gasteiger partial charge in [0.25, 0.3) is 5.91 Å². The van der Waals surface area contributed by atoms with E-state index in [4.69, 9.17) is 0 Å². The standard InChI is InChI=1S/C24H30N6O2/c1-19-7-8-20(14-22(19)26-15-21-6-3-4-9-25-21)23(31)29-13-12-28(2)16-24(32,17-29)18-30-11-5-10-27-30/h3-11,14,26,32H,12-13,15-18H2,1-2H3/t24-/m0/s1.